The predicted octanol–water partition coefficient (Wildman–Crippen LogP) is 5.46. The maximum absolute atomic E-state index is 13.3. The summed E-state index contributed by atoms with van der Waals surface area (Å²) in [6.07, 6.45) is 11.9. The Hall–Kier alpha value is -1.71. The fraction of sp³-hybridized carbons (Fsp3) is 0.533. The summed E-state index contributed by atoms with van der Waals surface area (Å²) >= 11 is 1.56. The van der Waals surface area contributed by atoms with Crippen LogP contribution in [0.25, 0.3) is 11.1 Å². The van der Waals surface area contributed by atoms with Crippen molar-refractivity contribution in [3.05, 3.63) is 59.2 Å². The number of rotatable bonds is 13. The molecular formula is C30H42LiNO4S. The summed E-state index contributed by atoms with van der Waals surface area (Å²) in [5.74, 6) is 0.248. The van der Waals surface area contributed by atoms with E-state index in [-0.39, 0.29) is 37.3 Å². The van der Waals surface area contributed by atoms with Gasteiger partial charge in [-0.25, -0.2) is 4.79 Å². The van der Waals surface area contributed by atoms with E-state index in [2.05, 4.69) is 11.4 Å². The zero-order valence-electron chi connectivity index (χ0n) is 21.7. The molecule has 0 aliphatic heterocycles. The Morgan fingerprint density at radius 1 is 1.05 bits per heavy atom. The van der Waals surface area contributed by atoms with Crippen LogP contribution in [0.2, 0.25) is 0 Å². The van der Waals surface area contributed by atoms with Crippen molar-refractivity contribution in [3.8, 4) is 11.1 Å². The number of hydrogen-bond donors (Lipinski definition) is 3. The van der Waals surface area contributed by atoms with Gasteiger partial charge in [0.15, 0.2) is 0 Å². The molecule has 1 amide bonds. The Kier molecular flexibility index (Phi) is 13.9. The molecule has 1 saturated carbocycles. The Bertz CT molecular complexity index is 1010. The van der Waals surface area contributed by atoms with E-state index in [4.69, 9.17) is 0 Å². The van der Waals surface area contributed by atoms with Crippen LogP contribution < -0.4 is 5.32 Å². The van der Waals surface area contributed by atoms with Crippen molar-refractivity contribution in [2.24, 2.45) is 11.8 Å². The summed E-state index contributed by atoms with van der Waals surface area (Å²) in [4.78, 5) is 25.0. The molecular weight excluding hydrogens is 477 g/mol. The normalized spacial score (nSPS) is 15.4. The first-order chi connectivity index (χ1) is 17.4. The van der Waals surface area contributed by atoms with Crippen LogP contribution in [0.4, 0.5) is 0 Å². The Morgan fingerprint density at radius 3 is 2.43 bits per heavy atom. The van der Waals surface area contributed by atoms with Gasteiger partial charge in [0.05, 0.1) is 0 Å². The second-order valence-corrected chi connectivity index (χ2v) is 11.2. The van der Waals surface area contributed by atoms with E-state index in [0.717, 1.165) is 41.0 Å². The minimum atomic E-state index is -1.02. The first-order valence-electron chi connectivity index (χ1n) is 13.2. The number of amides is 1. The van der Waals surface area contributed by atoms with E-state index in [1.54, 1.807) is 11.8 Å². The quantitative estimate of drug-likeness (QED) is 0.306. The molecule has 198 valence electrons. The van der Waals surface area contributed by atoms with Gasteiger partial charge in [0.2, 0.25) is 0 Å². The van der Waals surface area contributed by atoms with Crippen LogP contribution >= 0.6 is 11.8 Å². The molecule has 2 aromatic rings. The maximum atomic E-state index is 13.3. The average Bonchev–Trinajstić information content (AvgIpc) is 2.89. The van der Waals surface area contributed by atoms with Crippen LogP contribution in [-0.2, 0) is 11.2 Å². The molecule has 2 atom stereocenters. The molecule has 0 spiro atoms. The van der Waals surface area contributed by atoms with Crippen LogP contribution in [0.3, 0.4) is 0 Å². The molecule has 5 nitrogen and oxygen atoms in total. The molecule has 1 fully saturated rings. The van der Waals surface area contributed by atoms with Crippen molar-refractivity contribution >= 4 is 42.5 Å². The standard InChI is InChI=1S/C30H41NO4S.Li.H/c1-21-8-6-7-11-25(21)27-19-23(18-24(20-32)13-12-22-9-4-3-5-10-22)14-15-26(27)29(33)31-28(30(34)35)16-17-36-2;;/h6-8,11,14-15,19,22,24,28,32H,3-5,9-10,12-13,16-18,20H2,1-2H3,(H,31,33)(H,34,35);;. The van der Waals surface area contributed by atoms with E-state index in [1.807, 2.05) is 49.6 Å². The summed E-state index contributed by atoms with van der Waals surface area (Å²) in [5.41, 5.74) is 4.39. The molecule has 1 aliphatic rings. The summed E-state index contributed by atoms with van der Waals surface area (Å²) in [5, 5.41) is 22.4. The zero-order valence-corrected chi connectivity index (χ0v) is 22.5. The number of carboxylic acids is 1. The monoisotopic (exact) mass is 519 g/mol. The summed E-state index contributed by atoms with van der Waals surface area (Å²) in [7, 11) is 0. The number of aliphatic carboxylic acids is 1. The van der Waals surface area contributed by atoms with Gasteiger partial charge in [-0.3, -0.25) is 4.79 Å². The number of nitrogens with one attached hydrogen (secondary N) is 1. The van der Waals surface area contributed by atoms with E-state index < -0.39 is 12.0 Å². The van der Waals surface area contributed by atoms with Crippen molar-refractivity contribution in [1.29, 1.82) is 0 Å². The number of hydrogen-bond acceptors (Lipinski definition) is 4. The van der Waals surface area contributed by atoms with Crippen LogP contribution in [0.5, 0.6) is 0 Å². The molecule has 1 aliphatic carbocycles. The number of thioether (sulfide) groups is 1. The van der Waals surface area contributed by atoms with Crippen molar-refractivity contribution in [3.63, 3.8) is 0 Å². The molecule has 3 rings (SSSR count). The molecule has 37 heavy (non-hydrogen) atoms. The van der Waals surface area contributed by atoms with Gasteiger partial charge < -0.3 is 15.5 Å². The van der Waals surface area contributed by atoms with Gasteiger partial charge >= 0.3 is 24.8 Å². The second-order valence-electron chi connectivity index (χ2n) is 10.2. The summed E-state index contributed by atoms with van der Waals surface area (Å²) in [6, 6.07) is 12.8. The Labute approximate surface area is 238 Å². The Balaban J connectivity index is 0.00000481. The van der Waals surface area contributed by atoms with Crippen molar-refractivity contribution in [2.75, 3.05) is 18.6 Å². The average molecular weight is 520 g/mol. The van der Waals surface area contributed by atoms with Crippen LogP contribution in [0.1, 0.15) is 72.9 Å². The fourth-order valence-corrected chi connectivity index (χ4v) is 5.75. The van der Waals surface area contributed by atoms with Crippen molar-refractivity contribution in [1.82, 2.24) is 5.32 Å². The third-order valence-corrected chi connectivity index (χ3v) is 8.11. The number of carboxylic acid groups (broad SMARTS) is 1. The molecule has 0 radical (unpaired) electrons. The summed E-state index contributed by atoms with van der Waals surface area (Å²) < 4.78 is 0. The molecule has 7 heteroatoms. The minimum absolute atomic E-state index is 0. The van der Waals surface area contributed by atoms with Crippen molar-refractivity contribution in [2.45, 2.75) is 70.8 Å². The van der Waals surface area contributed by atoms with Gasteiger partial charge in [-0.05, 0) is 78.4 Å². The number of carbonyl (C=O) groups excluding carboxylic acids is 1. The predicted molar refractivity (Wildman–Crippen MR) is 156 cm³/mol. The van der Waals surface area contributed by atoms with Gasteiger partial charge in [-0.2, -0.15) is 11.8 Å². The van der Waals surface area contributed by atoms with Gasteiger partial charge in [0.1, 0.15) is 6.04 Å². The third-order valence-electron chi connectivity index (χ3n) is 7.47. The molecule has 2 unspecified atom stereocenters. The number of carbonyl (C=O) groups is 2. The molecule has 0 aromatic heterocycles. The van der Waals surface area contributed by atoms with Gasteiger partial charge in [0, 0.05) is 12.2 Å². The molecule has 0 bridgehead atoms. The van der Waals surface area contributed by atoms with E-state index in [9.17, 15) is 19.8 Å². The first kappa shape index (κ1) is 31.5. The number of aliphatic hydroxyl groups excluding tert-OH is 1. The summed E-state index contributed by atoms with van der Waals surface area (Å²) in [6.45, 7) is 2.17. The van der Waals surface area contributed by atoms with Crippen LogP contribution in [0, 0.1) is 18.8 Å². The fourth-order valence-electron chi connectivity index (χ4n) is 5.28. The first-order valence-corrected chi connectivity index (χ1v) is 14.6. The second kappa shape index (κ2) is 16.3. The van der Waals surface area contributed by atoms with Gasteiger partial charge in [0.25, 0.3) is 5.91 Å². The van der Waals surface area contributed by atoms with Gasteiger partial charge in [-0.15, -0.1) is 0 Å². The molecule has 0 saturated heterocycles. The third kappa shape index (κ3) is 9.52. The van der Waals surface area contributed by atoms with E-state index >= 15 is 0 Å². The SMILES string of the molecule is CSCCC(NC(=O)c1ccc(CC(CO)CCC2CCCCC2)cc1-c1ccccc1C)C(=O)O.[LiH]. The number of aliphatic hydroxyl groups is 1. The molecule has 3 N–H and O–H groups in total. The van der Waals surface area contributed by atoms with Crippen LogP contribution in [0.15, 0.2) is 42.5 Å². The number of aryl methyl sites for hydroxylation is 1. The molecule has 0 heterocycles. The Morgan fingerprint density at radius 2 is 1.78 bits per heavy atom. The van der Waals surface area contributed by atoms with E-state index in [1.165, 1.54) is 38.5 Å². The topological polar surface area (TPSA) is 86.6 Å². The number of benzene rings is 2. The van der Waals surface area contributed by atoms with Gasteiger partial charge in [-0.1, -0.05) is 74.9 Å². The zero-order chi connectivity index (χ0) is 25.9. The van der Waals surface area contributed by atoms with E-state index in [0.29, 0.717) is 17.7 Å². The van der Waals surface area contributed by atoms with Crippen LogP contribution in [-0.4, -0.2) is 65.6 Å². The molecule has 2 aromatic carbocycles. The van der Waals surface area contributed by atoms with Crippen molar-refractivity contribution < 1.29 is 19.8 Å².